The predicted octanol–water partition coefficient (Wildman–Crippen LogP) is 2.77. The summed E-state index contributed by atoms with van der Waals surface area (Å²) in [6, 6.07) is 3.25. The van der Waals surface area contributed by atoms with Crippen LogP contribution in [0.4, 0.5) is 0 Å². The Morgan fingerprint density at radius 1 is 1.22 bits per heavy atom. The number of rotatable bonds is 5. The molecule has 0 saturated carbocycles. The first-order valence-corrected chi connectivity index (χ1v) is 6.23. The molecular weight excluding hydrogens is 372 g/mol. The Kier molecular flexibility index (Phi) is 5.36. The summed E-state index contributed by atoms with van der Waals surface area (Å²) >= 11 is 6.45. The minimum Gasteiger partial charge on any atom is -0.480 e. The molecule has 0 aliphatic rings. The average molecular weight is 380 g/mol. The average Bonchev–Trinajstić information content (AvgIpc) is 2.24. The van der Waals surface area contributed by atoms with Crippen molar-refractivity contribution in [3.8, 4) is 5.75 Å². The van der Waals surface area contributed by atoms with Gasteiger partial charge in [0.2, 0.25) is 0 Å². The number of halogens is 2. The highest BCUT2D eigenvalue weighted by Crippen LogP contribution is 2.35. The number of hydrogen-bond donors (Lipinski definition) is 2. The van der Waals surface area contributed by atoms with Crippen molar-refractivity contribution >= 4 is 49.9 Å². The van der Waals surface area contributed by atoms with Gasteiger partial charge in [-0.1, -0.05) is 0 Å². The third-order valence-corrected chi connectivity index (χ3v) is 2.96. The molecule has 1 aromatic rings. The summed E-state index contributed by atoms with van der Waals surface area (Å²) in [6.45, 7) is -0.457. The summed E-state index contributed by atoms with van der Waals surface area (Å²) in [6.07, 6.45) is 2.42. The molecule has 96 valence electrons. The molecule has 0 spiro atoms. The molecule has 5 nitrogen and oxygen atoms in total. The summed E-state index contributed by atoms with van der Waals surface area (Å²) in [5.41, 5.74) is 0.638. The van der Waals surface area contributed by atoms with Crippen LogP contribution in [0.5, 0.6) is 5.75 Å². The minimum absolute atomic E-state index is 0.352. The Labute approximate surface area is 119 Å². The highest BCUT2D eigenvalue weighted by atomic mass is 79.9. The maximum atomic E-state index is 10.4. The van der Waals surface area contributed by atoms with Crippen LogP contribution in [-0.2, 0) is 9.59 Å². The van der Waals surface area contributed by atoms with Crippen molar-refractivity contribution in [1.29, 1.82) is 0 Å². The topological polar surface area (TPSA) is 83.8 Å². The van der Waals surface area contributed by atoms with Gasteiger partial charge in [-0.05, 0) is 55.6 Å². The van der Waals surface area contributed by atoms with Gasteiger partial charge in [0.1, 0.15) is 5.75 Å². The molecule has 7 heteroatoms. The van der Waals surface area contributed by atoms with Gasteiger partial charge in [-0.25, -0.2) is 9.59 Å². The van der Waals surface area contributed by atoms with Gasteiger partial charge >= 0.3 is 11.9 Å². The molecule has 0 saturated heterocycles. The SMILES string of the molecule is O=C(O)/C=C/c1cc(Br)c(OCC(=O)O)c(Br)c1. The molecule has 0 fully saturated rings. The highest BCUT2D eigenvalue weighted by Gasteiger charge is 2.10. The van der Waals surface area contributed by atoms with Crippen molar-refractivity contribution in [2.45, 2.75) is 0 Å². The van der Waals surface area contributed by atoms with E-state index in [9.17, 15) is 9.59 Å². The molecular formula is C11H8Br2O5. The lowest BCUT2D eigenvalue weighted by Gasteiger charge is -2.09. The van der Waals surface area contributed by atoms with Crippen LogP contribution in [-0.4, -0.2) is 28.8 Å². The van der Waals surface area contributed by atoms with E-state index in [2.05, 4.69) is 31.9 Å². The van der Waals surface area contributed by atoms with Crippen LogP contribution in [0, 0.1) is 0 Å². The van der Waals surface area contributed by atoms with E-state index in [1.165, 1.54) is 6.08 Å². The zero-order valence-corrected chi connectivity index (χ0v) is 12.1. The summed E-state index contributed by atoms with van der Waals surface area (Å²) in [5, 5.41) is 17.0. The zero-order chi connectivity index (χ0) is 13.7. The molecule has 2 N–H and O–H groups in total. The number of carbonyl (C=O) groups is 2. The van der Waals surface area contributed by atoms with Gasteiger partial charge in [-0.15, -0.1) is 0 Å². The summed E-state index contributed by atoms with van der Waals surface area (Å²) in [4.78, 5) is 20.8. The van der Waals surface area contributed by atoms with Crippen LogP contribution in [0.1, 0.15) is 5.56 Å². The Morgan fingerprint density at radius 3 is 2.22 bits per heavy atom. The number of hydrogen-bond acceptors (Lipinski definition) is 3. The second kappa shape index (κ2) is 6.55. The smallest absolute Gasteiger partial charge is 0.341 e. The molecule has 0 bridgehead atoms. The van der Waals surface area contributed by atoms with E-state index < -0.39 is 18.5 Å². The lowest BCUT2D eigenvalue weighted by atomic mass is 10.2. The largest absolute Gasteiger partial charge is 0.480 e. The molecule has 0 aliphatic heterocycles. The molecule has 0 aliphatic carbocycles. The van der Waals surface area contributed by atoms with Gasteiger partial charge < -0.3 is 14.9 Å². The first-order chi connectivity index (χ1) is 8.40. The monoisotopic (exact) mass is 378 g/mol. The van der Waals surface area contributed by atoms with Gasteiger partial charge in [-0.2, -0.15) is 0 Å². The maximum absolute atomic E-state index is 10.4. The quantitative estimate of drug-likeness (QED) is 0.768. The van der Waals surface area contributed by atoms with Gasteiger partial charge in [0, 0.05) is 6.08 Å². The predicted molar refractivity (Wildman–Crippen MR) is 71.6 cm³/mol. The number of carboxylic acid groups (broad SMARTS) is 2. The van der Waals surface area contributed by atoms with E-state index in [0.717, 1.165) is 6.08 Å². The van der Waals surface area contributed by atoms with Crippen LogP contribution in [0.25, 0.3) is 6.08 Å². The molecule has 0 unspecified atom stereocenters. The van der Waals surface area contributed by atoms with Crippen molar-refractivity contribution < 1.29 is 24.5 Å². The Hall–Kier alpha value is -1.34. The van der Waals surface area contributed by atoms with Crippen molar-refractivity contribution in [2.75, 3.05) is 6.61 Å². The number of aliphatic carboxylic acids is 2. The molecule has 0 heterocycles. The fraction of sp³-hybridized carbons (Fsp3) is 0.0909. The van der Waals surface area contributed by atoms with Crippen molar-refractivity contribution in [2.24, 2.45) is 0 Å². The molecule has 0 aromatic heterocycles. The molecule has 1 aromatic carbocycles. The van der Waals surface area contributed by atoms with Gasteiger partial charge in [0.15, 0.2) is 6.61 Å². The van der Waals surface area contributed by atoms with Crippen LogP contribution in [0.2, 0.25) is 0 Å². The Bertz CT molecular complexity index is 487. The van der Waals surface area contributed by atoms with E-state index in [1.807, 2.05) is 0 Å². The molecule has 0 atom stereocenters. The summed E-state index contributed by atoms with van der Waals surface area (Å²) < 4.78 is 6.14. The standard InChI is InChI=1S/C11H8Br2O5/c12-7-3-6(1-2-9(14)15)4-8(13)11(7)18-5-10(16)17/h1-4H,5H2,(H,14,15)(H,16,17)/b2-1+. The third kappa shape index (κ3) is 4.50. The fourth-order valence-corrected chi connectivity index (χ4v) is 2.57. The minimum atomic E-state index is -1.08. The van der Waals surface area contributed by atoms with Gasteiger partial charge in [0.25, 0.3) is 0 Å². The maximum Gasteiger partial charge on any atom is 0.341 e. The number of carboxylic acids is 2. The second-order valence-electron chi connectivity index (χ2n) is 3.17. The van der Waals surface area contributed by atoms with E-state index in [1.54, 1.807) is 12.1 Å². The lowest BCUT2D eigenvalue weighted by molar-refractivity contribution is -0.139. The zero-order valence-electron chi connectivity index (χ0n) is 8.89. The molecule has 18 heavy (non-hydrogen) atoms. The third-order valence-electron chi connectivity index (χ3n) is 1.78. The second-order valence-corrected chi connectivity index (χ2v) is 4.88. The van der Waals surface area contributed by atoms with Crippen molar-refractivity contribution in [1.82, 2.24) is 0 Å². The Morgan fingerprint density at radius 2 is 1.78 bits per heavy atom. The van der Waals surface area contributed by atoms with Crippen molar-refractivity contribution in [3.63, 3.8) is 0 Å². The normalized spacial score (nSPS) is 10.6. The van der Waals surface area contributed by atoms with Crippen molar-refractivity contribution in [3.05, 3.63) is 32.7 Å². The van der Waals surface area contributed by atoms with Crippen LogP contribution in [0.3, 0.4) is 0 Å². The Balaban J connectivity index is 2.97. The number of ether oxygens (including phenoxy) is 1. The van der Waals surface area contributed by atoms with Crippen LogP contribution < -0.4 is 4.74 Å². The van der Waals surface area contributed by atoms with Gasteiger partial charge in [-0.3, -0.25) is 0 Å². The summed E-state index contributed by atoms with van der Waals surface area (Å²) in [5.74, 6) is -1.78. The van der Waals surface area contributed by atoms with E-state index in [4.69, 9.17) is 14.9 Å². The first-order valence-electron chi connectivity index (χ1n) is 4.65. The van der Waals surface area contributed by atoms with E-state index in [0.29, 0.717) is 20.3 Å². The molecule has 0 radical (unpaired) electrons. The number of benzene rings is 1. The van der Waals surface area contributed by atoms with Crippen LogP contribution >= 0.6 is 31.9 Å². The van der Waals surface area contributed by atoms with Crippen LogP contribution in [0.15, 0.2) is 27.2 Å². The van der Waals surface area contributed by atoms with Gasteiger partial charge in [0.05, 0.1) is 8.95 Å². The first kappa shape index (κ1) is 14.7. The molecule has 0 amide bonds. The van der Waals surface area contributed by atoms with E-state index in [-0.39, 0.29) is 0 Å². The fourth-order valence-electron chi connectivity index (χ4n) is 1.12. The highest BCUT2D eigenvalue weighted by molar-refractivity contribution is 9.11. The lowest BCUT2D eigenvalue weighted by Crippen LogP contribution is -2.10. The summed E-state index contributed by atoms with van der Waals surface area (Å²) in [7, 11) is 0. The molecule has 1 rings (SSSR count). The van der Waals surface area contributed by atoms with E-state index >= 15 is 0 Å².